The maximum absolute atomic E-state index is 13.3. The Kier molecular flexibility index (Phi) is 5.16. The third-order valence-electron chi connectivity index (χ3n) is 2.73. The van der Waals surface area contributed by atoms with Crippen LogP contribution < -0.4 is 10.1 Å². The highest BCUT2D eigenvalue weighted by atomic mass is 79.9. The molecule has 2 rings (SSSR count). The van der Waals surface area contributed by atoms with Gasteiger partial charge in [0.1, 0.15) is 23.7 Å². The molecule has 0 radical (unpaired) electrons. The summed E-state index contributed by atoms with van der Waals surface area (Å²) < 4.78 is 19.1. The van der Waals surface area contributed by atoms with E-state index in [1.807, 2.05) is 0 Å². The molecule has 0 aliphatic heterocycles. The van der Waals surface area contributed by atoms with Crippen LogP contribution in [0.5, 0.6) is 5.75 Å². The van der Waals surface area contributed by atoms with Gasteiger partial charge in [0.25, 0.3) is 0 Å². The van der Waals surface area contributed by atoms with Crippen LogP contribution in [-0.4, -0.2) is 24.2 Å². The number of carboxylic acids is 1. The van der Waals surface area contributed by atoms with Crippen molar-refractivity contribution < 1.29 is 19.0 Å². The highest BCUT2D eigenvalue weighted by Gasteiger charge is 2.09. The molecule has 4 nitrogen and oxygen atoms in total. The molecule has 110 valence electrons. The van der Waals surface area contributed by atoms with Gasteiger partial charge >= 0.3 is 5.97 Å². The minimum absolute atomic E-state index is 0.118. The summed E-state index contributed by atoms with van der Waals surface area (Å²) >= 11 is 3.08. The Bertz CT molecular complexity index is 649. The van der Waals surface area contributed by atoms with E-state index in [2.05, 4.69) is 21.2 Å². The van der Waals surface area contributed by atoms with Gasteiger partial charge < -0.3 is 15.2 Å². The minimum atomic E-state index is -1.03. The molecular weight excluding hydrogens is 341 g/mol. The number of hydrogen-bond acceptors (Lipinski definition) is 3. The number of anilines is 1. The van der Waals surface area contributed by atoms with E-state index in [0.717, 1.165) is 0 Å². The highest BCUT2D eigenvalue weighted by Crippen LogP contribution is 2.20. The summed E-state index contributed by atoms with van der Waals surface area (Å²) in [6.07, 6.45) is 0. The molecule has 2 aromatic rings. The molecule has 0 saturated heterocycles. The number of para-hydroxylation sites is 1. The molecule has 0 aliphatic rings. The molecule has 0 atom stereocenters. The fourth-order valence-electron chi connectivity index (χ4n) is 1.73. The van der Waals surface area contributed by atoms with Gasteiger partial charge in [-0.25, -0.2) is 9.18 Å². The van der Waals surface area contributed by atoms with Crippen LogP contribution in [0.1, 0.15) is 10.4 Å². The highest BCUT2D eigenvalue weighted by molar-refractivity contribution is 9.10. The molecule has 2 aromatic carbocycles. The predicted molar refractivity (Wildman–Crippen MR) is 81.5 cm³/mol. The van der Waals surface area contributed by atoms with E-state index >= 15 is 0 Å². The summed E-state index contributed by atoms with van der Waals surface area (Å²) in [7, 11) is 0. The lowest BCUT2D eigenvalue weighted by atomic mass is 10.2. The summed E-state index contributed by atoms with van der Waals surface area (Å²) in [5.41, 5.74) is 0.748. The Balaban J connectivity index is 1.87. The average Bonchev–Trinajstić information content (AvgIpc) is 2.47. The van der Waals surface area contributed by atoms with Crippen molar-refractivity contribution >= 4 is 27.6 Å². The Morgan fingerprint density at radius 1 is 1.29 bits per heavy atom. The third-order valence-corrected chi connectivity index (χ3v) is 3.37. The van der Waals surface area contributed by atoms with Gasteiger partial charge in [-0.05, 0) is 46.3 Å². The molecule has 2 N–H and O–H groups in total. The first kappa shape index (κ1) is 15.3. The molecule has 0 bridgehead atoms. The molecule has 0 spiro atoms. The molecule has 0 unspecified atom stereocenters. The number of carboxylic acid groups (broad SMARTS) is 1. The van der Waals surface area contributed by atoms with Crippen molar-refractivity contribution in [2.24, 2.45) is 0 Å². The molecule has 6 heteroatoms. The summed E-state index contributed by atoms with van der Waals surface area (Å²) in [5, 5.41) is 12.0. The van der Waals surface area contributed by atoms with Crippen LogP contribution in [0.15, 0.2) is 46.9 Å². The first-order chi connectivity index (χ1) is 10.1. The van der Waals surface area contributed by atoms with E-state index in [4.69, 9.17) is 9.84 Å². The van der Waals surface area contributed by atoms with E-state index in [1.165, 1.54) is 12.1 Å². The monoisotopic (exact) mass is 353 g/mol. The van der Waals surface area contributed by atoms with Crippen LogP contribution >= 0.6 is 15.9 Å². The molecule has 0 aliphatic carbocycles. The van der Waals surface area contributed by atoms with Crippen molar-refractivity contribution in [3.63, 3.8) is 0 Å². The number of ether oxygens (including phenoxy) is 1. The van der Waals surface area contributed by atoms with Gasteiger partial charge in [-0.2, -0.15) is 0 Å². The molecule has 0 saturated carbocycles. The van der Waals surface area contributed by atoms with Crippen molar-refractivity contribution in [3.8, 4) is 5.75 Å². The van der Waals surface area contributed by atoms with Crippen LogP contribution in [0.3, 0.4) is 0 Å². The predicted octanol–water partition coefficient (Wildman–Crippen LogP) is 3.78. The Hall–Kier alpha value is -2.08. The van der Waals surface area contributed by atoms with Crippen molar-refractivity contribution in [2.75, 3.05) is 18.5 Å². The van der Waals surface area contributed by atoms with Crippen molar-refractivity contribution in [1.29, 1.82) is 0 Å². The fourth-order valence-corrected chi connectivity index (χ4v) is 1.98. The van der Waals surface area contributed by atoms with Gasteiger partial charge in [0, 0.05) is 12.2 Å². The normalized spacial score (nSPS) is 10.2. The van der Waals surface area contributed by atoms with E-state index in [1.54, 1.807) is 30.3 Å². The second kappa shape index (κ2) is 7.08. The lowest BCUT2D eigenvalue weighted by molar-refractivity contribution is 0.0692. The van der Waals surface area contributed by atoms with Crippen LogP contribution in [0.4, 0.5) is 10.1 Å². The van der Waals surface area contributed by atoms with E-state index in [-0.39, 0.29) is 18.0 Å². The minimum Gasteiger partial charge on any atom is -0.491 e. The summed E-state index contributed by atoms with van der Waals surface area (Å²) in [6.45, 7) is 0.691. The maximum Gasteiger partial charge on any atom is 0.339 e. The van der Waals surface area contributed by atoms with Crippen LogP contribution in [-0.2, 0) is 0 Å². The smallest absolute Gasteiger partial charge is 0.339 e. The van der Waals surface area contributed by atoms with Gasteiger partial charge in [-0.1, -0.05) is 12.1 Å². The second-order valence-electron chi connectivity index (χ2n) is 4.21. The van der Waals surface area contributed by atoms with E-state index < -0.39 is 5.97 Å². The topological polar surface area (TPSA) is 58.6 Å². The van der Waals surface area contributed by atoms with Crippen molar-refractivity contribution in [3.05, 3.63) is 58.3 Å². The fraction of sp³-hybridized carbons (Fsp3) is 0.133. The van der Waals surface area contributed by atoms with Gasteiger partial charge in [0.2, 0.25) is 0 Å². The Morgan fingerprint density at radius 3 is 2.76 bits per heavy atom. The summed E-state index contributed by atoms with van der Waals surface area (Å²) in [5.74, 6) is -1.07. The Labute approximate surface area is 129 Å². The first-order valence-corrected chi connectivity index (χ1v) is 7.01. The standard InChI is InChI=1S/C15H13BrFNO3/c16-12-6-5-10(9-13(12)17)18-7-8-21-14-4-2-1-3-11(14)15(19)20/h1-6,9,18H,7-8H2,(H,19,20). The molecule has 21 heavy (non-hydrogen) atoms. The number of aromatic carboxylic acids is 1. The molecular formula is C15H13BrFNO3. The van der Waals surface area contributed by atoms with Crippen molar-refractivity contribution in [2.45, 2.75) is 0 Å². The second-order valence-corrected chi connectivity index (χ2v) is 5.06. The zero-order chi connectivity index (χ0) is 15.2. The van der Waals surface area contributed by atoms with Gasteiger partial charge in [-0.15, -0.1) is 0 Å². The number of hydrogen-bond donors (Lipinski definition) is 2. The summed E-state index contributed by atoms with van der Waals surface area (Å²) in [6, 6.07) is 11.1. The number of carbonyl (C=O) groups is 1. The lowest BCUT2D eigenvalue weighted by Crippen LogP contribution is -2.13. The number of benzene rings is 2. The lowest BCUT2D eigenvalue weighted by Gasteiger charge is -2.10. The SMILES string of the molecule is O=C(O)c1ccccc1OCCNc1ccc(Br)c(F)c1. The number of rotatable bonds is 6. The van der Waals surface area contributed by atoms with Crippen LogP contribution in [0, 0.1) is 5.82 Å². The zero-order valence-corrected chi connectivity index (χ0v) is 12.6. The van der Waals surface area contributed by atoms with E-state index in [0.29, 0.717) is 22.5 Å². The third kappa shape index (κ3) is 4.19. The molecule has 0 fully saturated rings. The molecule has 0 aromatic heterocycles. The largest absolute Gasteiger partial charge is 0.491 e. The zero-order valence-electron chi connectivity index (χ0n) is 11.0. The quantitative estimate of drug-likeness (QED) is 0.776. The average molecular weight is 354 g/mol. The van der Waals surface area contributed by atoms with Crippen molar-refractivity contribution in [1.82, 2.24) is 0 Å². The first-order valence-electron chi connectivity index (χ1n) is 6.22. The Morgan fingerprint density at radius 2 is 2.05 bits per heavy atom. The van der Waals surface area contributed by atoms with E-state index in [9.17, 15) is 9.18 Å². The van der Waals surface area contributed by atoms with Crippen LogP contribution in [0.2, 0.25) is 0 Å². The molecule has 0 amide bonds. The van der Waals surface area contributed by atoms with Gasteiger partial charge in [0.15, 0.2) is 0 Å². The van der Waals surface area contributed by atoms with Gasteiger partial charge in [0.05, 0.1) is 4.47 Å². The van der Waals surface area contributed by atoms with Gasteiger partial charge in [-0.3, -0.25) is 0 Å². The maximum atomic E-state index is 13.3. The number of nitrogens with one attached hydrogen (secondary N) is 1. The van der Waals surface area contributed by atoms with Crippen LogP contribution in [0.25, 0.3) is 0 Å². The molecule has 0 heterocycles. The summed E-state index contributed by atoms with van der Waals surface area (Å²) in [4.78, 5) is 11.0. The number of halogens is 2.